The van der Waals surface area contributed by atoms with E-state index in [1.54, 1.807) is 16.9 Å². The molecular weight excluding hydrogens is 272 g/mol. The number of hydrogen-bond donors (Lipinski definition) is 1. The van der Waals surface area contributed by atoms with Crippen LogP contribution in [0, 0.1) is 5.41 Å². The van der Waals surface area contributed by atoms with Crippen LogP contribution in [0.15, 0.2) is 0 Å². The van der Waals surface area contributed by atoms with Gasteiger partial charge in [0.2, 0.25) is 11.8 Å². The van der Waals surface area contributed by atoms with Gasteiger partial charge >= 0.3 is 0 Å². The van der Waals surface area contributed by atoms with E-state index >= 15 is 0 Å². The molecule has 0 aromatic heterocycles. The van der Waals surface area contributed by atoms with E-state index < -0.39 is 0 Å². The number of aliphatic hydroxyl groups is 1. The predicted molar refractivity (Wildman–Crippen MR) is 77.6 cm³/mol. The number of likely N-dealkylation sites (tertiary alicyclic amines) is 2. The predicted octanol–water partition coefficient (Wildman–Crippen LogP) is 0.246. The Morgan fingerprint density at radius 2 is 2.19 bits per heavy atom. The molecule has 2 heterocycles. The maximum absolute atomic E-state index is 12.4. The van der Waals surface area contributed by atoms with Crippen LogP contribution in [0.4, 0.5) is 0 Å². The quantitative estimate of drug-likeness (QED) is 0.763. The van der Waals surface area contributed by atoms with Crippen LogP contribution in [0.25, 0.3) is 0 Å². The number of rotatable bonds is 6. The highest BCUT2D eigenvalue weighted by Gasteiger charge is 2.37. The summed E-state index contributed by atoms with van der Waals surface area (Å²) in [6.45, 7) is 2.82. The summed E-state index contributed by atoms with van der Waals surface area (Å²) in [6.07, 6.45) is 3.97. The lowest BCUT2D eigenvalue weighted by molar-refractivity contribution is -0.141. The number of ether oxygens (including phenoxy) is 1. The highest BCUT2D eigenvalue weighted by molar-refractivity contribution is 5.86. The summed E-state index contributed by atoms with van der Waals surface area (Å²) in [5.74, 6) is 0.0772. The minimum absolute atomic E-state index is 0.000178. The van der Waals surface area contributed by atoms with Crippen molar-refractivity contribution in [3.05, 3.63) is 0 Å². The molecule has 0 spiro atoms. The van der Waals surface area contributed by atoms with Gasteiger partial charge in [0, 0.05) is 45.2 Å². The standard InChI is InChI=1S/C15H26N2O4/c1-21-9-6-15(12-18)5-3-8-17(11-15)14(20)10-16-7-2-4-13(16)19/h18H,2-12H2,1H3/t15-/m0/s1. The van der Waals surface area contributed by atoms with E-state index in [2.05, 4.69) is 0 Å². The molecule has 2 fully saturated rings. The van der Waals surface area contributed by atoms with Crippen LogP contribution < -0.4 is 0 Å². The van der Waals surface area contributed by atoms with Gasteiger partial charge in [0.25, 0.3) is 0 Å². The maximum Gasteiger partial charge on any atom is 0.242 e. The Morgan fingerprint density at radius 3 is 2.81 bits per heavy atom. The molecule has 2 rings (SSSR count). The third-order valence-electron chi connectivity index (χ3n) is 4.68. The zero-order valence-corrected chi connectivity index (χ0v) is 12.8. The van der Waals surface area contributed by atoms with Crippen molar-refractivity contribution in [2.75, 3.05) is 46.5 Å². The molecule has 0 bridgehead atoms. The first kappa shape index (κ1) is 16.2. The second kappa shape index (κ2) is 7.22. The molecule has 120 valence electrons. The number of carbonyl (C=O) groups excluding carboxylic acids is 2. The minimum Gasteiger partial charge on any atom is -0.396 e. The molecule has 0 radical (unpaired) electrons. The first-order chi connectivity index (χ1) is 10.1. The van der Waals surface area contributed by atoms with Crippen molar-refractivity contribution in [3.8, 4) is 0 Å². The molecular formula is C15H26N2O4. The lowest BCUT2D eigenvalue weighted by atomic mass is 9.78. The first-order valence-corrected chi connectivity index (χ1v) is 7.75. The molecule has 2 aliphatic rings. The van der Waals surface area contributed by atoms with Crippen LogP contribution in [0.3, 0.4) is 0 Å². The molecule has 0 aliphatic carbocycles. The Kier molecular flexibility index (Phi) is 5.58. The van der Waals surface area contributed by atoms with Crippen molar-refractivity contribution in [1.29, 1.82) is 0 Å². The SMILES string of the molecule is COCC[C@@]1(CO)CCCN(C(=O)CN2CCCC2=O)C1. The number of methoxy groups -OCH3 is 1. The largest absolute Gasteiger partial charge is 0.396 e. The molecule has 2 saturated heterocycles. The molecule has 0 aromatic carbocycles. The van der Waals surface area contributed by atoms with E-state index in [0.29, 0.717) is 26.1 Å². The number of amides is 2. The topological polar surface area (TPSA) is 70.1 Å². The van der Waals surface area contributed by atoms with Gasteiger partial charge in [0.15, 0.2) is 0 Å². The van der Waals surface area contributed by atoms with Crippen molar-refractivity contribution in [3.63, 3.8) is 0 Å². The van der Waals surface area contributed by atoms with Gasteiger partial charge in [0.05, 0.1) is 13.2 Å². The number of carbonyl (C=O) groups is 2. The lowest BCUT2D eigenvalue weighted by Gasteiger charge is -2.42. The lowest BCUT2D eigenvalue weighted by Crippen LogP contribution is -2.51. The third kappa shape index (κ3) is 3.95. The van der Waals surface area contributed by atoms with Crippen LogP contribution in [0.2, 0.25) is 0 Å². The Hall–Kier alpha value is -1.14. The van der Waals surface area contributed by atoms with Crippen molar-refractivity contribution >= 4 is 11.8 Å². The van der Waals surface area contributed by atoms with Crippen molar-refractivity contribution < 1.29 is 19.4 Å². The summed E-state index contributed by atoms with van der Waals surface area (Å²) in [5.41, 5.74) is -0.251. The normalized spacial score (nSPS) is 26.5. The van der Waals surface area contributed by atoms with Gasteiger partial charge < -0.3 is 19.6 Å². The second-order valence-electron chi connectivity index (χ2n) is 6.24. The van der Waals surface area contributed by atoms with Crippen molar-refractivity contribution in [2.24, 2.45) is 5.41 Å². The van der Waals surface area contributed by atoms with Gasteiger partial charge in [-0.25, -0.2) is 0 Å². The van der Waals surface area contributed by atoms with Crippen LogP contribution in [0.1, 0.15) is 32.1 Å². The highest BCUT2D eigenvalue weighted by Crippen LogP contribution is 2.33. The Balaban J connectivity index is 1.92. The highest BCUT2D eigenvalue weighted by atomic mass is 16.5. The second-order valence-corrected chi connectivity index (χ2v) is 6.24. The molecule has 6 nitrogen and oxygen atoms in total. The first-order valence-electron chi connectivity index (χ1n) is 7.75. The summed E-state index contributed by atoms with van der Waals surface area (Å²) in [6, 6.07) is 0. The van der Waals surface area contributed by atoms with Crippen molar-refractivity contribution in [2.45, 2.75) is 32.1 Å². The van der Waals surface area contributed by atoms with Gasteiger partial charge in [-0.1, -0.05) is 0 Å². The minimum atomic E-state index is -0.251. The molecule has 1 atom stereocenters. The number of aliphatic hydroxyl groups excluding tert-OH is 1. The smallest absolute Gasteiger partial charge is 0.242 e. The molecule has 0 unspecified atom stereocenters. The molecule has 0 saturated carbocycles. The summed E-state index contributed by atoms with van der Waals surface area (Å²) < 4.78 is 5.12. The summed E-state index contributed by atoms with van der Waals surface area (Å²) in [4.78, 5) is 27.5. The van der Waals surface area contributed by atoms with E-state index in [1.165, 1.54) is 0 Å². The van der Waals surface area contributed by atoms with Crippen molar-refractivity contribution in [1.82, 2.24) is 9.80 Å². The van der Waals surface area contributed by atoms with E-state index in [1.807, 2.05) is 0 Å². The zero-order chi connectivity index (χ0) is 15.3. The van der Waals surface area contributed by atoms with E-state index in [0.717, 1.165) is 32.2 Å². The summed E-state index contributed by atoms with van der Waals surface area (Å²) in [7, 11) is 1.65. The van der Waals surface area contributed by atoms with E-state index in [9.17, 15) is 14.7 Å². The molecule has 2 aliphatic heterocycles. The maximum atomic E-state index is 12.4. The number of nitrogens with zero attached hydrogens (tertiary/aromatic N) is 2. The Labute approximate surface area is 126 Å². The summed E-state index contributed by atoms with van der Waals surface area (Å²) in [5, 5.41) is 9.74. The average molecular weight is 298 g/mol. The van der Waals surface area contributed by atoms with Gasteiger partial charge in [-0.3, -0.25) is 9.59 Å². The molecule has 1 N–H and O–H groups in total. The zero-order valence-electron chi connectivity index (χ0n) is 12.8. The van der Waals surface area contributed by atoms with Gasteiger partial charge in [0.1, 0.15) is 0 Å². The van der Waals surface area contributed by atoms with E-state index in [-0.39, 0.29) is 30.4 Å². The van der Waals surface area contributed by atoms with Gasteiger partial charge in [-0.05, 0) is 25.7 Å². The number of piperidine rings is 1. The van der Waals surface area contributed by atoms with Crippen LogP contribution in [0.5, 0.6) is 0 Å². The van der Waals surface area contributed by atoms with Crippen LogP contribution in [-0.4, -0.2) is 73.2 Å². The van der Waals surface area contributed by atoms with Crippen LogP contribution in [-0.2, 0) is 14.3 Å². The summed E-state index contributed by atoms with van der Waals surface area (Å²) >= 11 is 0. The fourth-order valence-electron chi connectivity index (χ4n) is 3.29. The average Bonchev–Trinajstić information content (AvgIpc) is 2.90. The monoisotopic (exact) mass is 298 g/mol. The fourth-order valence-corrected chi connectivity index (χ4v) is 3.29. The molecule has 21 heavy (non-hydrogen) atoms. The molecule has 0 aromatic rings. The van der Waals surface area contributed by atoms with E-state index in [4.69, 9.17) is 4.74 Å². The molecule has 2 amide bonds. The molecule has 6 heteroatoms. The Bertz CT molecular complexity index is 388. The van der Waals surface area contributed by atoms with Gasteiger partial charge in [-0.15, -0.1) is 0 Å². The Morgan fingerprint density at radius 1 is 1.38 bits per heavy atom. The van der Waals surface area contributed by atoms with Gasteiger partial charge in [-0.2, -0.15) is 0 Å². The fraction of sp³-hybridized carbons (Fsp3) is 0.867. The van der Waals surface area contributed by atoms with Crippen LogP contribution >= 0.6 is 0 Å². The third-order valence-corrected chi connectivity index (χ3v) is 4.68. The number of hydrogen-bond acceptors (Lipinski definition) is 4.